The number of carbonyl (C=O) groups is 2. The molecule has 8 nitrogen and oxygen atoms in total. The molecule has 1 atom stereocenters. The van der Waals surface area contributed by atoms with Crippen LogP contribution >= 0.6 is 34.5 Å². The summed E-state index contributed by atoms with van der Waals surface area (Å²) in [7, 11) is 0. The van der Waals surface area contributed by atoms with Crippen LogP contribution < -0.4 is 10.7 Å². The molecule has 1 aliphatic carbocycles. The summed E-state index contributed by atoms with van der Waals surface area (Å²) in [6.07, 6.45) is 6.60. The zero-order chi connectivity index (χ0) is 28.2. The first-order chi connectivity index (χ1) is 19.3. The fraction of sp³-hybridized carbons (Fsp3) is 0.414. The van der Waals surface area contributed by atoms with E-state index in [0.29, 0.717) is 32.9 Å². The Labute approximate surface area is 247 Å². The van der Waals surface area contributed by atoms with Crippen molar-refractivity contribution in [2.45, 2.75) is 57.9 Å². The van der Waals surface area contributed by atoms with E-state index in [4.69, 9.17) is 28.3 Å². The van der Waals surface area contributed by atoms with Crippen molar-refractivity contribution in [1.82, 2.24) is 25.5 Å². The molecule has 40 heavy (non-hydrogen) atoms. The minimum atomic E-state index is -1.20. The normalized spacial score (nSPS) is 16.8. The van der Waals surface area contributed by atoms with Gasteiger partial charge >= 0.3 is 6.09 Å². The Balaban J connectivity index is 1.64. The van der Waals surface area contributed by atoms with Gasteiger partial charge in [-0.1, -0.05) is 54.3 Å². The monoisotopic (exact) mass is 599 g/mol. The maximum absolute atomic E-state index is 13.7. The number of aromatic nitrogens is 2. The average molecular weight is 601 g/mol. The third-order valence-corrected chi connectivity index (χ3v) is 8.80. The lowest BCUT2D eigenvalue weighted by atomic mass is 10.0. The number of piperidine rings is 1. The molecule has 0 bridgehead atoms. The van der Waals surface area contributed by atoms with Crippen LogP contribution in [0.15, 0.2) is 30.3 Å². The van der Waals surface area contributed by atoms with E-state index in [2.05, 4.69) is 22.6 Å². The van der Waals surface area contributed by atoms with Crippen molar-refractivity contribution >= 4 is 46.5 Å². The van der Waals surface area contributed by atoms with Gasteiger partial charge in [0.1, 0.15) is 0 Å². The highest BCUT2D eigenvalue weighted by atomic mass is 35.5. The lowest BCUT2D eigenvalue weighted by Crippen LogP contribution is -2.45. The summed E-state index contributed by atoms with van der Waals surface area (Å²) < 4.78 is 1.61. The fourth-order valence-electron chi connectivity index (χ4n) is 5.31. The molecule has 0 spiro atoms. The van der Waals surface area contributed by atoms with Gasteiger partial charge in [0.2, 0.25) is 0 Å². The molecule has 1 aliphatic heterocycles. The molecule has 2 aliphatic rings. The van der Waals surface area contributed by atoms with Crippen LogP contribution in [0.3, 0.4) is 0 Å². The number of carbonyl (C=O) groups excluding carboxylic acids is 1. The number of nitrogens with one attached hydrogen (secondary N) is 2. The minimum absolute atomic E-state index is 0.125. The maximum Gasteiger partial charge on any atom is 0.405 e. The van der Waals surface area contributed by atoms with Crippen LogP contribution in [-0.2, 0) is 0 Å². The van der Waals surface area contributed by atoms with Crippen LogP contribution in [0.25, 0.3) is 16.3 Å². The van der Waals surface area contributed by atoms with E-state index in [1.807, 2.05) is 17.1 Å². The molecule has 5 rings (SSSR count). The SMILES string of the molecule is CC(NC(=O)O)c1c(C(=O)NN2CCCCC2)nn(-c2ccc(Cl)cc2Cl)c1-c1ccc(C#CC2CCCC2)s1. The summed E-state index contributed by atoms with van der Waals surface area (Å²) >= 11 is 14.3. The standard InChI is InChI=1S/C29H31Cl2N5O3S/c1-18(32-29(38)39)25-26(28(37)34-35-15-5-2-6-16-35)33-36(23-13-10-20(30)17-22(23)31)27(25)24-14-12-21(40-24)11-9-19-7-3-4-8-19/h10,12-14,17-19,32H,2-8,15-16H2,1H3,(H,34,37)(H,38,39). The van der Waals surface area contributed by atoms with E-state index in [9.17, 15) is 14.7 Å². The van der Waals surface area contributed by atoms with Gasteiger partial charge in [-0.3, -0.25) is 10.2 Å². The summed E-state index contributed by atoms with van der Waals surface area (Å²) in [6, 6.07) is 8.20. The van der Waals surface area contributed by atoms with Gasteiger partial charge in [0.05, 0.1) is 32.2 Å². The van der Waals surface area contributed by atoms with Crippen molar-refractivity contribution in [1.29, 1.82) is 0 Å². The molecule has 3 aromatic rings. The maximum atomic E-state index is 13.7. The second-order valence-corrected chi connectivity index (χ2v) is 12.1. The summed E-state index contributed by atoms with van der Waals surface area (Å²) in [5, 5.41) is 19.5. The van der Waals surface area contributed by atoms with Gasteiger partial charge in [0.15, 0.2) is 5.69 Å². The van der Waals surface area contributed by atoms with Gasteiger partial charge in [-0.25, -0.2) is 14.5 Å². The van der Waals surface area contributed by atoms with Crippen LogP contribution in [-0.4, -0.2) is 45.0 Å². The number of rotatable bonds is 6. The third-order valence-electron chi connectivity index (χ3n) is 7.26. The number of hydrogen-bond acceptors (Lipinski definition) is 5. The fourth-order valence-corrected chi connectivity index (χ4v) is 6.71. The van der Waals surface area contributed by atoms with Crippen molar-refractivity contribution in [2.75, 3.05) is 13.1 Å². The summed E-state index contributed by atoms with van der Waals surface area (Å²) in [4.78, 5) is 27.1. The number of amides is 2. The lowest BCUT2D eigenvalue weighted by molar-refractivity contribution is 0.0742. The number of hydrogen-bond donors (Lipinski definition) is 3. The first kappa shape index (κ1) is 28.5. The second-order valence-electron chi connectivity index (χ2n) is 10.2. The Morgan fingerprint density at radius 2 is 1.85 bits per heavy atom. The molecule has 1 saturated heterocycles. The Bertz CT molecular complexity index is 1460. The molecule has 2 aromatic heterocycles. The highest BCUT2D eigenvalue weighted by molar-refractivity contribution is 7.16. The Kier molecular flexibility index (Phi) is 9.01. The van der Waals surface area contributed by atoms with Gasteiger partial charge in [-0.2, -0.15) is 5.10 Å². The van der Waals surface area contributed by atoms with Gasteiger partial charge < -0.3 is 10.4 Å². The number of nitrogens with zero attached hydrogens (tertiary/aromatic N) is 3. The van der Waals surface area contributed by atoms with Crippen LogP contribution in [0.1, 0.15) is 78.8 Å². The second kappa shape index (κ2) is 12.6. The molecule has 1 aromatic carbocycles. The van der Waals surface area contributed by atoms with Crippen LogP contribution in [0.4, 0.5) is 4.79 Å². The van der Waals surface area contributed by atoms with Crippen molar-refractivity contribution in [2.24, 2.45) is 5.92 Å². The minimum Gasteiger partial charge on any atom is -0.465 e. The van der Waals surface area contributed by atoms with E-state index in [0.717, 1.165) is 54.9 Å². The smallest absolute Gasteiger partial charge is 0.405 e. The lowest BCUT2D eigenvalue weighted by Gasteiger charge is -2.26. The summed E-state index contributed by atoms with van der Waals surface area (Å²) in [5.74, 6) is 6.74. The van der Waals surface area contributed by atoms with Crippen molar-refractivity contribution in [3.8, 4) is 28.1 Å². The van der Waals surface area contributed by atoms with Gasteiger partial charge in [0, 0.05) is 29.6 Å². The van der Waals surface area contributed by atoms with Crippen LogP contribution in [0.5, 0.6) is 0 Å². The Morgan fingerprint density at radius 3 is 2.55 bits per heavy atom. The largest absolute Gasteiger partial charge is 0.465 e. The molecule has 3 N–H and O–H groups in total. The first-order valence-electron chi connectivity index (χ1n) is 13.6. The molecule has 0 radical (unpaired) electrons. The van der Waals surface area contributed by atoms with E-state index in [1.54, 1.807) is 29.8 Å². The van der Waals surface area contributed by atoms with Gasteiger partial charge in [-0.05, 0) is 62.9 Å². The number of thiophene rings is 1. The highest BCUT2D eigenvalue weighted by Crippen LogP contribution is 2.39. The predicted molar refractivity (Wildman–Crippen MR) is 158 cm³/mol. The number of hydrazine groups is 1. The molecule has 2 fully saturated rings. The average Bonchev–Trinajstić information content (AvgIpc) is 3.67. The van der Waals surface area contributed by atoms with Crippen LogP contribution in [0.2, 0.25) is 10.0 Å². The first-order valence-corrected chi connectivity index (χ1v) is 15.1. The topological polar surface area (TPSA) is 99.5 Å². The van der Waals surface area contributed by atoms with Crippen molar-refractivity contribution < 1.29 is 14.7 Å². The Morgan fingerprint density at radius 1 is 1.10 bits per heavy atom. The molecule has 2 amide bonds. The van der Waals surface area contributed by atoms with Gasteiger partial charge in [0.25, 0.3) is 5.91 Å². The zero-order valence-corrected chi connectivity index (χ0v) is 24.5. The highest BCUT2D eigenvalue weighted by Gasteiger charge is 2.31. The van der Waals surface area contributed by atoms with E-state index in [-0.39, 0.29) is 5.69 Å². The predicted octanol–water partition coefficient (Wildman–Crippen LogP) is 6.91. The number of carboxylic acid groups (broad SMARTS) is 1. The molecule has 3 heterocycles. The summed E-state index contributed by atoms with van der Waals surface area (Å²) in [6.45, 7) is 3.19. The molecule has 1 unspecified atom stereocenters. The van der Waals surface area contributed by atoms with Crippen molar-refractivity contribution in [3.63, 3.8) is 0 Å². The quantitative estimate of drug-likeness (QED) is 0.267. The van der Waals surface area contributed by atoms with Crippen molar-refractivity contribution in [3.05, 3.63) is 56.5 Å². The molecule has 1 saturated carbocycles. The van der Waals surface area contributed by atoms with E-state index < -0.39 is 18.0 Å². The zero-order valence-electron chi connectivity index (χ0n) is 22.2. The molecular formula is C29H31Cl2N5O3S. The van der Waals surface area contributed by atoms with E-state index in [1.165, 1.54) is 24.2 Å². The third kappa shape index (κ3) is 6.47. The Hall–Kier alpha value is -3.03. The van der Waals surface area contributed by atoms with E-state index >= 15 is 0 Å². The molecule has 11 heteroatoms. The molecule has 210 valence electrons. The van der Waals surface area contributed by atoms with Gasteiger partial charge in [-0.15, -0.1) is 11.3 Å². The number of halogens is 2. The van der Waals surface area contributed by atoms with Crippen LogP contribution in [0, 0.1) is 17.8 Å². The summed E-state index contributed by atoms with van der Waals surface area (Å²) in [5.41, 5.74) is 4.66. The molecular weight excluding hydrogens is 569 g/mol. The number of benzene rings is 1.